The van der Waals surface area contributed by atoms with Gasteiger partial charge in [-0.2, -0.15) is 0 Å². The number of nitrogens with zero attached hydrogens (tertiary/aromatic N) is 1. The molecule has 100 valence electrons. The fourth-order valence-corrected chi connectivity index (χ4v) is 2.69. The quantitative estimate of drug-likeness (QED) is 0.672. The molecule has 4 heteroatoms. The largest absolute Gasteiger partial charge is 0.271 e. The Bertz CT molecular complexity index is 569. The maximum atomic E-state index is 5.72. The van der Waals surface area contributed by atoms with E-state index in [1.807, 2.05) is 6.20 Å². The number of pyridine rings is 1. The van der Waals surface area contributed by atoms with Crippen LogP contribution in [0.5, 0.6) is 0 Å². The summed E-state index contributed by atoms with van der Waals surface area (Å²) in [5.74, 6) is 5.72. The van der Waals surface area contributed by atoms with Crippen LogP contribution in [0.1, 0.15) is 28.3 Å². The molecule has 1 aromatic carbocycles. The van der Waals surface area contributed by atoms with Crippen molar-refractivity contribution in [3.63, 3.8) is 0 Å². The number of hydrogen-bond donors (Lipinski definition) is 2. The molecule has 0 amide bonds. The third-order valence-corrected chi connectivity index (χ3v) is 3.64. The van der Waals surface area contributed by atoms with Crippen molar-refractivity contribution in [3.05, 3.63) is 63.4 Å². The van der Waals surface area contributed by atoms with Gasteiger partial charge in [-0.3, -0.25) is 16.3 Å². The van der Waals surface area contributed by atoms with Crippen molar-refractivity contribution in [1.29, 1.82) is 0 Å². The van der Waals surface area contributed by atoms with E-state index in [4.69, 9.17) is 5.84 Å². The lowest BCUT2D eigenvalue weighted by Gasteiger charge is -2.19. The molecule has 1 heterocycles. The number of benzene rings is 1. The lowest BCUT2D eigenvalue weighted by Crippen LogP contribution is -2.30. The Kier molecular flexibility index (Phi) is 4.69. The lowest BCUT2D eigenvalue weighted by atomic mass is 9.95. The van der Waals surface area contributed by atoms with Crippen LogP contribution in [0, 0.1) is 13.8 Å². The number of aromatic nitrogens is 1. The second-order valence-corrected chi connectivity index (χ2v) is 5.71. The van der Waals surface area contributed by atoms with Gasteiger partial charge in [-0.15, -0.1) is 0 Å². The molecule has 1 unspecified atom stereocenters. The van der Waals surface area contributed by atoms with Crippen molar-refractivity contribution in [1.82, 2.24) is 10.4 Å². The summed E-state index contributed by atoms with van der Waals surface area (Å²) in [5, 5.41) is 0. The Balaban J connectivity index is 2.25. The molecule has 0 fully saturated rings. The van der Waals surface area contributed by atoms with Crippen molar-refractivity contribution in [2.24, 2.45) is 5.84 Å². The fraction of sp³-hybridized carbons (Fsp3) is 0.267. The average Bonchev–Trinajstić information content (AvgIpc) is 2.37. The predicted octanol–water partition coefficient (Wildman–Crippen LogP) is 3.21. The zero-order valence-corrected chi connectivity index (χ0v) is 12.7. The Hall–Kier alpha value is -1.23. The van der Waals surface area contributed by atoms with Gasteiger partial charge in [0.05, 0.1) is 6.04 Å². The first-order chi connectivity index (χ1) is 9.10. The third-order valence-electron chi connectivity index (χ3n) is 3.20. The van der Waals surface area contributed by atoms with Crippen LogP contribution in [0.4, 0.5) is 0 Å². The van der Waals surface area contributed by atoms with E-state index >= 15 is 0 Å². The van der Waals surface area contributed by atoms with Crippen molar-refractivity contribution in [2.75, 3.05) is 0 Å². The molecule has 2 aromatic rings. The molecule has 0 bridgehead atoms. The predicted molar refractivity (Wildman–Crippen MR) is 81.6 cm³/mol. The van der Waals surface area contributed by atoms with Crippen LogP contribution in [0.2, 0.25) is 0 Å². The zero-order chi connectivity index (χ0) is 13.8. The standard InChI is InChI=1S/C15H18BrN3/c1-10-3-4-14(11(2)5-10)15(19-17)7-12-6-13(16)9-18-8-12/h3-6,8-9,15,19H,7,17H2,1-2H3. The van der Waals surface area contributed by atoms with E-state index in [1.165, 1.54) is 16.7 Å². The van der Waals surface area contributed by atoms with Crippen molar-refractivity contribution < 1.29 is 0 Å². The van der Waals surface area contributed by atoms with Crippen LogP contribution in [0.15, 0.2) is 41.1 Å². The van der Waals surface area contributed by atoms with Gasteiger partial charge in [0.25, 0.3) is 0 Å². The topological polar surface area (TPSA) is 50.9 Å². The SMILES string of the molecule is Cc1ccc(C(Cc2cncc(Br)c2)NN)c(C)c1. The van der Waals surface area contributed by atoms with E-state index in [-0.39, 0.29) is 6.04 Å². The Morgan fingerprint density at radius 1 is 1.26 bits per heavy atom. The minimum absolute atomic E-state index is 0.0942. The van der Waals surface area contributed by atoms with Crippen LogP contribution in [0.25, 0.3) is 0 Å². The normalized spacial score (nSPS) is 12.4. The third kappa shape index (κ3) is 3.62. The molecule has 3 nitrogen and oxygen atoms in total. The number of nitrogens with one attached hydrogen (secondary N) is 1. The molecule has 1 aromatic heterocycles. The second-order valence-electron chi connectivity index (χ2n) is 4.79. The molecule has 0 saturated carbocycles. The van der Waals surface area contributed by atoms with E-state index in [1.54, 1.807) is 6.20 Å². The van der Waals surface area contributed by atoms with E-state index < -0.39 is 0 Å². The molecule has 0 saturated heterocycles. The van der Waals surface area contributed by atoms with Gasteiger partial charge in [-0.25, -0.2) is 0 Å². The number of hydrogen-bond acceptors (Lipinski definition) is 3. The van der Waals surface area contributed by atoms with Crippen molar-refractivity contribution in [3.8, 4) is 0 Å². The molecule has 2 rings (SSSR count). The molecule has 0 aliphatic heterocycles. The van der Waals surface area contributed by atoms with E-state index in [2.05, 4.69) is 64.5 Å². The summed E-state index contributed by atoms with van der Waals surface area (Å²) >= 11 is 3.44. The number of rotatable bonds is 4. The summed E-state index contributed by atoms with van der Waals surface area (Å²) < 4.78 is 0.987. The smallest absolute Gasteiger partial charge is 0.0503 e. The number of nitrogens with two attached hydrogens (primary N) is 1. The van der Waals surface area contributed by atoms with Crippen LogP contribution >= 0.6 is 15.9 Å². The van der Waals surface area contributed by atoms with Gasteiger partial charge in [-0.05, 0) is 59.0 Å². The highest BCUT2D eigenvalue weighted by molar-refractivity contribution is 9.10. The number of aryl methyl sites for hydroxylation is 2. The van der Waals surface area contributed by atoms with Crippen molar-refractivity contribution >= 4 is 15.9 Å². The van der Waals surface area contributed by atoms with Gasteiger partial charge in [0.15, 0.2) is 0 Å². The van der Waals surface area contributed by atoms with E-state index in [0.717, 1.165) is 16.5 Å². The lowest BCUT2D eigenvalue weighted by molar-refractivity contribution is 0.548. The first-order valence-corrected chi connectivity index (χ1v) is 7.02. The highest BCUT2D eigenvalue weighted by atomic mass is 79.9. The second kappa shape index (κ2) is 6.28. The van der Waals surface area contributed by atoms with Gasteiger partial charge in [0, 0.05) is 16.9 Å². The van der Waals surface area contributed by atoms with Gasteiger partial charge >= 0.3 is 0 Å². The highest BCUT2D eigenvalue weighted by Gasteiger charge is 2.13. The van der Waals surface area contributed by atoms with Crippen LogP contribution in [-0.2, 0) is 6.42 Å². The first-order valence-electron chi connectivity index (χ1n) is 6.23. The summed E-state index contributed by atoms with van der Waals surface area (Å²) in [7, 11) is 0. The molecule has 0 spiro atoms. The Morgan fingerprint density at radius 3 is 2.68 bits per heavy atom. The summed E-state index contributed by atoms with van der Waals surface area (Å²) in [6.07, 6.45) is 4.47. The highest BCUT2D eigenvalue weighted by Crippen LogP contribution is 2.23. The summed E-state index contributed by atoms with van der Waals surface area (Å²) in [5.41, 5.74) is 7.80. The first kappa shape index (κ1) is 14.2. The van der Waals surface area contributed by atoms with Crippen LogP contribution in [0.3, 0.4) is 0 Å². The van der Waals surface area contributed by atoms with Crippen molar-refractivity contribution in [2.45, 2.75) is 26.3 Å². The molecular weight excluding hydrogens is 302 g/mol. The molecule has 19 heavy (non-hydrogen) atoms. The summed E-state index contributed by atoms with van der Waals surface area (Å²) in [4.78, 5) is 4.19. The van der Waals surface area contributed by atoms with Gasteiger partial charge in [-0.1, -0.05) is 23.8 Å². The number of halogens is 1. The fourth-order valence-electron chi connectivity index (χ4n) is 2.28. The maximum Gasteiger partial charge on any atom is 0.0503 e. The molecule has 0 aliphatic rings. The molecule has 0 radical (unpaired) electrons. The number of hydrazine groups is 1. The maximum absolute atomic E-state index is 5.72. The van der Waals surface area contributed by atoms with Gasteiger partial charge < -0.3 is 0 Å². The average molecular weight is 320 g/mol. The Labute approximate surface area is 122 Å². The molecular formula is C15H18BrN3. The van der Waals surface area contributed by atoms with Gasteiger partial charge in [0.2, 0.25) is 0 Å². The summed E-state index contributed by atoms with van der Waals surface area (Å²) in [6.45, 7) is 4.21. The van der Waals surface area contributed by atoms with Crippen LogP contribution in [-0.4, -0.2) is 4.98 Å². The minimum Gasteiger partial charge on any atom is -0.271 e. The van der Waals surface area contributed by atoms with Crippen LogP contribution < -0.4 is 11.3 Å². The molecule has 3 N–H and O–H groups in total. The monoisotopic (exact) mass is 319 g/mol. The minimum atomic E-state index is 0.0942. The molecule has 1 atom stereocenters. The van der Waals surface area contributed by atoms with E-state index in [0.29, 0.717) is 0 Å². The zero-order valence-electron chi connectivity index (χ0n) is 11.2. The van der Waals surface area contributed by atoms with Gasteiger partial charge in [0.1, 0.15) is 0 Å². The van der Waals surface area contributed by atoms with E-state index in [9.17, 15) is 0 Å². The molecule has 0 aliphatic carbocycles. The summed E-state index contributed by atoms with van der Waals surface area (Å²) in [6, 6.07) is 8.60. The Morgan fingerprint density at radius 2 is 2.05 bits per heavy atom.